The number of nitrogens with two attached hydrogens (primary N) is 1. The van der Waals surface area contributed by atoms with Crippen molar-refractivity contribution in [2.24, 2.45) is 0 Å². The van der Waals surface area contributed by atoms with Crippen LogP contribution in [0.4, 0.5) is 5.69 Å². The van der Waals surface area contributed by atoms with Crippen LogP contribution in [0.2, 0.25) is 0 Å². The molecule has 1 rings (SSSR count). The summed E-state index contributed by atoms with van der Waals surface area (Å²) in [6.07, 6.45) is 4.15. The Morgan fingerprint density at radius 2 is 1.93 bits per heavy atom. The lowest BCUT2D eigenvalue weighted by Gasteiger charge is -2.20. The SMILES string of the molecule is CCCN(CCC)Cc1ncccc1N. The van der Waals surface area contributed by atoms with Crippen molar-refractivity contribution in [1.29, 1.82) is 0 Å². The van der Waals surface area contributed by atoms with Gasteiger partial charge in [0, 0.05) is 12.7 Å². The number of hydrogen-bond donors (Lipinski definition) is 1. The van der Waals surface area contributed by atoms with Gasteiger partial charge in [0.25, 0.3) is 0 Å². The molecule has 0 atom stereocenters. The lowest BCUT2D eigenvalue weighted by molar-refractivity contribution is 0.264. The van der Waals surface area contributed by atoms with E-state index >= 15 is 0 Å². The van der Waals surface area contributed by atoms with Gasteiger partial charge in [-0.2, -0.15) is 0 Å². The van der Waals surface area contributed by atoms with Crippen LogP contribution in [0.15, 0.2) is 18.3 Å². The van der Waals surface area contributed by atoms with Gasteiger partial charge in [-0.15, -0.1) is 0 Å². The molecule has 1 heterocycles. The molecule has 0 aromatic carbocycles. The van der Waals surface area contributed by atoms with Gasteiger partial charge in [0.05, 0.1) is 11.4 Å². The predicted molar refractivity (Wildman–Crippen MR) is 64.5 cm³/mol. The zero-order valence-electron chi connectivity index (χ0n) is 9.74. The Morgan fingerprint density at radius 1 is 1.27 bits per heavy atom. The van der Waals surface area contributed by atoms with Crippen LogP contribution in [0, 0.1) is 0 Å². The third-order valence-electron chi connectivity index (χ3n) is 2.38. The molecular formula is C12H21N3. The van der Waals surface area contributed by atoms with E-state index in [0.717, 1.165) is 31.0 Å². The van der Waals surface area contributed by atoms with Crippen molar-refractivity contribution in [1.82, 2.24) is 9.88 Å². The summed E-state index contributed by atoms with van der Waals surface area (Å²) in [5, 5.41) is 0. The number of nitrogens with zero attached hydrogens (tertiary/aromatic N) is 2. The first-order chi connectivity index (χ1) is 7.27. The van der Waals surface area contributed by atoms with Gasteiger partial charge in [0.2, 0.25) is 0 Å². The largest absolute Gasteiger partial charge is 0.397 e. The van der Waals surface area contributed by atoms with Gasteiger partial charge in [0.15, 0.2) is 0 Å². The fraction of sp³-hybridized carbons (Fsp3) is 0.583. The van der Waals surface area contributed by atoms with Crippen LogP contribution in [-0.2, 0) is 6.54 Å². The van der Waals surface area contributed by atoms with Gasteiger partial charge in [-0.25, -0.2) is 0 Å². The van der Waals surface area contributed by atoms with Crippen molar-refractivity contribution >= 4 is 5.69 Å². The summed E-state index contributed by atoms with van der Waals surface area (Å²) in [5.74, 6) is 0. The van der Waals surface area contributed by atoms with Gasteiger partial charge >= 0.3 is 0 Å². The third kappa shape index (κ3) is 3.88. The first-order valence-corrected chi connectivity index (χ1v) is 5.69. The van der Waals surface area contributed by atoms with Crippen molar-refractivity contribution in [2.75, 3.05) is 18.8 Å². The van der Waals surface area contributed by atoms with Crippen LogP contribution < -0.4 is 5.73 Å². The lowest BCUT2D eigenvalue weighted by Crippen LogP contribution is -2.25. The Kier molecular flexibility index (Phi) is 5.12. The fourth-order valence-electron chi connectivity index (χ4n) is 1.70. The maximum Gasteiger partial charge on any atom is 0.0772 e. The number of pyridine rings is 1. The lowest BCUT2D eigenvalue weighted by atomic mass is 10.2. The maximum absolute atomic E-state index is 5.87. The summed E-state index contributed by atoms with van der Waals surface area (Å²) >= 11 is 0. The van der Waals surface area contributed by atoms with Crippen molar-refractivity contribution in [2.45, 2.75) is 33.2 Å². The molecule has 3 nitrogen and oxygen atoms in total. The number of nitrogen functional groups attached to an aromatic ring is 1. The molecule has 0 unspecified atom stereocenters. The van der Waals surface area contributed by atoms with Gasteiger partial charge in [-0.3, -0.25) is 9.88 Å². The molecule has 0 saturated carbocycles. The normalized spacial score (nSPS) is 10.9. The van der Waals surface area contributed by atoms with E-state index in [2.05, 4.69) is 23.7 Å². The highest BCUT2D eigenvalue weighted by Gasteiger charge is 2.06. The summed E-state index contributed by atoms with van der Waals surface area (Å²) in [4.78, 5) is 6.72. The van der Waals surface area contributed by atoms with E-state index in [9.17, 15) is 0 Å². The van der Waals surface area contributed by atoms with Crippen molar-refractivity contribution < 1.29 is 0 Å². The predicted octanol–water partition coefficient (Wildman–Crippen LogP) is 2.29. The summed E-state index contributed by atoms with van der Waals surface area (Å²) in [7, 11) is 0. The van der Waals surface area contributed by atoms with Crippen molar-refractivity contribution in [3.05, 3.63) is 24.0 Å². The molecule has 3 heteroatoms. The molecular weight excluding hydrogens is 186 g/mol. The van der Waals surface area contributed by atoms with Gasteiger partial charge in [-0.05, 0) is 38.1 Å². The molecule has 0 amide bonds. The van der Waals surface area contributed by atoms with Crippen LogP contribution in [0.5, 0.6) is 0 Å². The minimum Gasteiger partial charge on any atom is -0.397 e. The molecule has 0 fully saturated rings. The summed E-state index contributed by atoms with van der Waals surface area (Å²) in [5.41, 5.74) is 7.67. The van der Waals surface area contributed by atoms with Gasteiger partial charge in [0.1, 0.15) is 0 Å². The molecule has 1 aromatic heterocycles. The van der Waals surface area contributed by atoms with Crippen LogP contribution >= 0.6 is 0 Å². The zero-order chi connectivity index (χ0) is 11.1. The highest BCUT2D eigenvalue weighted by molar-refractivity contribution is 5.41. The molecule has 2 N–H and O–H groups in total. The van der Waals surface area contributed by atoms with E-state index in [4.69, 9.17) is 5.73 Å². The molecule has 0 spiro atoms. The Hall–Kier alpha value is -1.09. The minimum absolute atomic E-state index is 0.801. The average Bonchev–Trinajstić information content (AvgIpc) is 2.22. The summed E-state index contributed by atoms with van der Waals surface area (Å²) < 4.78 is 0. The van der Waals surface area contributed by atoms with E-state index in [-0.39, 0.29) is 0 Å². The standard InChI is InChI=1S/C12H21N3/c1-3-8-15(9-4-2)10-12-11(13)6-5-7-14-12/h5-7H,3-4,8-10,13H2,1-2H3. The zero-order valence-corrected chi connectivity index (χ0v) is 9.74. The molecule has 0 aliphatic carbocycles. The number of anilines is 1. The topological polar surface area (TPSA) is 42.2 Å². The van der Waals surface area contributed by atoms with Gasteiger partial charge in [-0.1, -0.05) is 13.8 Å². The molecule has 1 aromatic rings. The van der Waals surface area contributed by atoms with E-state index in [1.807, 2.05) is 18.3 Å². The van der Waals surface area contributed by atoms with Crippen LogP contribution in [0.25, 0.3) is 0 Å². The molecule has 0 aliphatic heterocycles. The highest BCUT2D eigenvalue weighted by Crippen LogP contribution is 2.10. The Labute approximate surface area is 92.3 Å². The van der Waals surface area contributed by atoms with E-state index in [1.165, 1.54) is 12.8 Å². The Morgan fingerprint density at radius 3 is 2.47 bits per heavy atom. The molecule has 0 radical (unpaired) electrons. The molecule has 0 bridgehead atoms. The number of aromatic nitrogens is 1. The second-order valence-corrected chi connectivity index (χ2v) is 3.82. The Bertz CT molecular complexity index is 280. The van der Waals surface area contributed by atoms with Crippen LogP contribution in [-0.4, -0.2) is 23.0 Å². The summed E-state index contributed by atoms with van der Waals surface area (Å²) in [6.45, 7) is 7.50. The van der Waals surface area contributed by atoms with Crippen molar-refractivity contribution in [3.63, 3.8) is 0 Å². The molecule has 15 heavy (non-hydrogen) atoms. The second-order valence-electron chi connectivity index (χ2n) is 3.82. The van der Waals surface area contributed by atoms with E-state index < -0.39 is 0 Å². The second kappa shape index (κ2) is 6.40. The molecule has 0 saturated heterocycles. The third-order valence-corrected chi connectivity index (χ3v) is 2.38. The van der Waals surface area contributed by atoms with Crippen molar-refractivity contribution in [3.8, 4) is 0 Å². The fourth-order valence-corrected chi connectivity index (χ4v) is 1.70. The van der Waals surface area contributed by atoms with Gasteiger partial charge < -0.3 is 5.73 Å². The van der Waals surface area contributed by atoms with Crippen LogP contribution in [0.3, 0.4) is 0 Å². The quantitative estimate of drug-likeness (QED) is 0.778. The molecule has 84 valence electrons. The number of rotatable bonds is 6. The highest BCUT2D eigenvalue weighted by atomic mass is 15.1. The minimum atomic E-state index is 0.801. The van der Waals surface area contributed by atoms with E-state index in [0.29, 0.717) is 0 Å². The Balaban J connectivity index is 2.60. The molecule has 0 aliphatic rings. The van der Waals surface area contributed by atoms with Crippen LogP contribution in [0.1, 0.15) is 32.4 Å². The summed E-state index contributed by atoms with van der Waals surface area (Å²) in [6, 6.07) is 3.79. The monoisotopic (exact) mass is 207 g/mol. The average molecular weight is 207 g/mol. The number of hydrogen-bond acceptors (Lipinski definition) is 3. The smallest absolute Gasteiger partial charge is 0.0772 e. The maximum atomic E-state index is 5.87. The first kappa shape index (κ1) is 12.0. The van der Waals surface area contributed by atoms with E-state index in [1.54, 1.807) is 0 Å². The first-order valence-electron chi connectivity index (χ1n) is 5.69.